The number of hydrogen-bond acceptors (Lipinski definition) is 3. The number of sulfonamides is 1. The molecule has 7 heteroatoms. The zero-order valence-electron chi connectivity index (χ0n) is 15.2. The van der Waals surface area contributed by atoms with E-state index in [1.54, 1.807) is 18.2 Å². The molecule has 5 nitrogen and oxygen atoms in total. The van der Waals surface area contributed by atoms with Gasteiger partial charge in [-0.25, -0.2) is 12.8 Å². The van der Waals surface area contributed by atoms with Crippen molar-refractivity contribution in [2.45, 2.75) is 45.1 Å². The van der Waals surface area contributed by atoms with E-state index >= 15 is 0 Å². The minimum atomic E-state index is -3.60. The van der Waals surface area contributed by atoms with Crippen molar-refractivity contribution in [2.75, 3.05) is 25.4 Å². The van der Waals surface area contributed by atoms with Crippen molar-refractivity contribution >= 4 is 15.9 Å². The van der Waals surface area contributed by atoms with Gasteiger partial charge in [-0.2, -0.15) is 4.31 Å². The Morgan fingerprint density at radius 3 is 2.54 bits per heavy atom. The number of carbonyl (C=O) groups excluding carboxylic acids is 1. The van der Waals surface area contributed by atoms with Gasteiger partial charge < -0.3 is 4.90 Å². The van der Waals surface area contributed by atoms with Gasteiger partial charge in [-0.1, -0.05) is 25.1 Å². The molecule has 0 aromatic heterocycles. The quantitative estimate of drug-likeness (QED) is 0.786. The van der Waals surface area contributed by atoms with E-state index in [1.165, 1.54) is 10.4 Å². The summed E-state index contributed by atoms with van der Waals surface area (Å²) in [7, 11) is -3.60. The van der Waals surface area contributed by atoms with Gasteiger partial charge >= 0.3 is 0 Å². The van der Waals surface area contributed by atoms with Gasteiger partial charge in [-0.3, -0.25) is 4.79 Å². The minimum Gasteiger partial charge on any atom is -0.341 e. The highest BCUT2D eigenvalue weighted by Gasteiger charge is 2.40. The molecular formula is C19H27FN2O3S. The number of benzene rings is 1. The Morgan fingerprint density at radius 2 is 1.85 bits per heavy atom. The van der Waals surface area contributed by atoms with Crippen molar-refractivity contribution in [1.82, 2.24) is 9.21 Å². The Hall–Kier alpha value is -1.47. The van der Waals surface area contributed by atoms with Crippen molar-refractivity contribution in [3.63, 3.8) is 0 Å². The van der Waals surface area contributed by atoms with E-state index in [2.05, 4.69) is 6.92 Å². The van der Waals surface area contributed by atoms with Gasteiger partial charge in [0.1, 0.15) is 11.9 Å². The number of halogens is 1. The fourth-order valence-corrected chi connectivity index (χ4v) is 5.52. The maximum Gasteiger partial charge on any atom is 0.241 e. The number of amides is 1. The van der Waals surface area contributed by atoms with E-state index in [-0.39, 0.29) is 23.9 Å². The van der Waals surface area contributed by atoms with Crippen molar-refractivity contribution in [3.8, 4) is 0 Å². The van der Waals surface area contributed by atoms with Crippen LogP contribution >= 0.6 is 0 Å². The van der Waals surface area contributed by atoms with Crippen molar-refractivity contribution < 1.29 is 17.6 Å². The summed E-state index contributed by atoms with van der Waals surface area (Å²) in [6.45, 7) is 3.97. The molecule has 1 atom stereocenters. The largest absolute Gasteiger partial charge is 0.341 e. The Morgan fingerprint density at radius 1 is 1.15 bits per heavy atom. The van der Waals surface area contributed by atoms with Crippen LogP contribution in [0.25, 0.3) is 0 Å². The molecule has 2 aliphatic heterocycles. The average molecular weight is 383 g/mol. The molecule has 0 saturated carbocycles. The molecule has 26 heavy (non-hydrogen) atoms. The highest BCUT2D eigenvalue weighted by atomic mass is 32.2. The first kappa shape index (κ1) is 19.3. The van der Waals surface area contributed by atoms with E-state index in [9.17, 15) is 17.6 Å². The molecule has 0 spiro atoms. The number of likely N-dealkylation sites (tertiary alicyclic amines) is 1. The van der Waals surface area contributed by atoms with Gasteiger partial charge in [-0.15, -0.1) is 0 Å². The van der Waals surface area contributed by atoms with E-state index in [1.807, 2.05) is 4.90 Å². The van der Waals surface area contributed by atoms with E-state index in [4.69, 9.17) is 0 Å². The molecule has 1 aromatic rings. The van der Waals surface area contributed by atoms with Crippen LogP contribution in [0.4, 0.5) is 4.39 Å². The standard InChI is InChI=1S/C19H27FN2O3S/c1-15-8-12-21(13-9-15)19(23)18-7-4-11-22(18)26(24,25)14-10-16-5-2-3-6-17(16)20/h2-3,5-6,15,18H,4,7-14H2,1H3/t18-/m0/s1. The second kappa shape index (κ2) is 8.05. The maximum absolute atomic E-state index is 13.8. The Balaban J connectivity index is 1.66. The molecule has 3 rings (SSSR count). The average Bonchev–Trinajstić information content (AvgIpc) is 3.12. The van der Waals surface area contributed by atoms with Crippen LogP contribution < -0.4 is 0 Å². The van der Waals surface area contributed by atoms with E-state index in [0.29, 0.717) is 44.0 Å². The first-order valence-corrected chi connectivity index (χ1v) is 11.0. The number of aryl methyl sites for hydroxylation is 1. The molecule has 2 saturated heterocycles. The Labute approximate surface area is 155 Å². The molecule has 0 unspecified atom stereocenters. The summed E-state index contributed by atoms with van der Waals surface area (Å²) in [5, 5.41) is 0. The first-order valence-electron chi connectivity index (χ1n) is 9.40. The van der Waals surface area contributed by atoms with Gasteiger partial charge in [-0.05, 0) is 49.7 Å². The van der Waals surface area contributed by atoms with Crippen LogP contribution in [0.15, 0.2) is 24.3 Å². The van der Waals surface area contributed by atoms with Crippen LogP contribution in [0.5, 0.6) is 0 Å². The molecule has 2 aliphatic rings. The van der Waals surface area contributed by atoms with Crippen molar-refractivity contribution in [3.05, 3.63) is 35.6 Å². The van der Waals surface area contributed by atoms with Crippen LogP contribution in [0, 0.1) is 11.7 Å². The van der Waals surface area contributed by atoms with Gasteiger partial charge in [0.15, 0.2) is 0 Å². The molecule has 1 amide bonds. The Kier molecular flexibility index (Phi) is 5.97. The molecule has 0 bridgehead atoms. The maximum atomic E-state index is 13.8. The van der Waals surface area contributed by atoms with Crippen LogP contribution in [-0.4, -0.2) is 55.0 Å². The normalized spacial score (nSPS) is 22.7. The number of carbonyl (C=O) groups is 1. The summed E-state index contributed by atoms with van der Waals surface area (Å²) in [4.78, 5) is 14.7. The van der Waals surface area contributed by atoms with E-state index < -0.39 is 16.1 Å². The zero-order valence-corrected chi connectivity index (χ0v) is 16.0. The third-order valence-corrected chi connectivity index (χ3v) is 7.40. The highest BCUT2D eigenvalue weighted by Crippen LogP contribution is 2.26. The van der Waals surface area contributed by atoms with E-state index in [0.717, 1.165) is 12.8 Å². The lowest BCUT2D eigenvalue weighted by atomic mass is 9.98. The minimum absolute atomic E-state index is 0.0659. The van der Waals surface area contributed by atoms with Crippen LogP contribution in [0.1, 0.15) is 38.2 Å². The lowest BCUT2D eigenvalue weighted by Crippen LogP contribution is -2.50. The molecule has 1 aromatic carbocycles. The fraction of sp³-hybridized carbons (Fsp3) is 0.632. The molecule has 0 N–H and O–H groups in total. The van der Waals surface area contributed by atoms with Gasteiger partial charge in [0.25, 0.3) is 0 Å². The lowest BCUT2D eigenvalue weighted by Gasteiger charge is -2.34. The monoisotopic (exact) mass is 382 g/mol. The smallest absolute Gasteiger partial charge is 0.241 e. The second-order valence-electron chi connectivity index (χ2n) is 7.43. The molecule has 144 valence electrons. The summed E-state index contributed by atoms with van der Waals surface area (Å²) < 4.78 is 40.7. The topological polar surface area (TPSA) is 57.7 Å². The van der Waals surface area contributed by atoms with Gasteiger partial charge in [0.2, 0.25) is 15.9 Å². The summed E-state index contributed by atoms with van der Waals surface area (Å²) in [6, 6.07) is 5.63. The zero-order chi connectivity index (χ0) is 18.7. The van der Waals surface area contributed by atoms with Crippen LogP contribution in [0.3, 0.4) is 0 Å². The Bertz CT molecular complexity index is 745. The molecule has 2 heterocycles. The predicted octanol–water partition coefficient (Wildman–Crippen LogP) is 2.42. The number of hydrogen-bond donors (Lipinski definition) is 0. The molecule has 0 radical (unpaired) electrons. The number of rotatable bonds is 5. The summed E-state index contributed by atoms with van der Waals surface area (Å²) in [6.07, 6.45) is 3.33. The third kappa shape index (κ3) is 4.26. The molecular weight excluding hydrogens is 355 g/mol. The SMILES string of the molecule is CC1CCN(C(=O)[C@@H]2CCCN2S(=O)(=O)CCc2ccccc2F)CC1. The van der Waals surface area contributed by atoms with Gasteiger partial charge in [0.05, 0.1) is 5.75 Å². The van der Waals surface area contributed by atoms with Crippen molar-refractivity contribution in [2.24, 2.45) is 5.92 Å². The number of nitrogens with zero attached hydrogens (tertiary/aromatic N) is 2. The lowest BCUT2D eigenvalue weighted by molar-refractivity contribution is -0.135. The van der Waals surface area contributed by atoms with Crippen LogP contribution in [0.2, 0.25) is 0 Å². The number of piperidine rings is 1. The highest BCUT2D eigenvalue weighted by molar-refractivity contribution is 7.89. The van der Waals surface area contributed by atoms with Crippen LogP contribution in [-0.2, 0) is 21.2 Å². The summed E-state index contributed by atoms with van der Waals surface area (Å²) >= 11 is 0. The first-order chi connectivity index (χ1) is 12.4. The molecule has 0 aliphatic carbocycles. The fourth-order valence-electron chi connectivity index (χ4n) is 3.82. The second-order valence-corrected chi connectivity index (χ2v) is 9.48. The van der Waals surface area contributed by atoms with Crippen molar-refractivity contribution in [1.29, 1.82) is 0 Å². The third-order valence-electron chi connectivity index (χ3n) is 5.53. The van der Waals surface area contributed by atoms with Gasteiger partial charge in [0, 0.05) is 19.6 Å². The molecule has 2 fully saturated rings. The summed E-state index contributed by atoms with van der Waals surface area (Å²) in [5.41, 5.74) is 0.392. The predicted molar refractivity (Wildman–Crippen MR) is 98.6 cm³/mol. The summed E-state index contributed by atoms with van der Waals surface area (Å²) in [5.74, 6) is -0.0133.